The van der Waals surface area contributed by atoms with Gasteiger partial charge in [-0.15, -0.1) is 0 Å². The van der Waals surface area contributed by atoms with E-state index in [1.165, 1.54) is 0 Å². The minimum atomic E-state index is -0.743. The standard InChI is InChI=1S/C26H26N8O2/c27-18-19(25-31-21-6-1-2-7-22(21)36-25)20-10-13-30-26(32-20)29-12-5-9-24(35)34-16-14-33(15-17-34)23-8-3-4-11-28-23/h1-4,6-8,10-11,13,19H,5,9,12,14-17H2,(H,29,30,32). The highest BCUT2D eigenvalue weighted by molar-refractivity contribution is 5.76. The molecule has 10 nitrogen and oxygen atoms in total. The number of anilines is 2. The van der Waals surface area contributed by atoms with Gasteiger partial charge in [-0.25, -0.2) is 19.9 Å². The molecule has 0 saturated carbocycles. The molecule has 1 fully saturated rings. The first kappa shape index (κ1) is 23.2. The Hall–Kier alpha value is -4.52. The molecule has 1 amide bonds. The second kappa shape index (κ2) is 10.8. The average Bonchev–Trinajstić information content (AvgIpc) is 3.36. The summed E-state index contributed by atoms with van der Waals surface area (Å²) in [5.74, 6) is 1.06. The van der Waals surface area contributed by atoms with Gasteiger partial charge in [0.1, 0.15) is 11.3 Å². The second-order valence-electron chi connectivity index (χ2n) is 8.47. The van der Waals surface area contributed by atoms with Crippen LogP contribution in [0, 0.1) is 11.3 Å². The van der Waals surface area contributed by atoms with E-state index in [1.54, 1.807) is 18.5 Å². The van der Waals surface area contributed by atoms with Crippen LogP contribution in [0.2, 0.25) is 0 Å². The van der Waals surface area contributed by atoms with Crippen LogP contribution in [0.3, 0.4) is 0 Å². The Kier molecular flexibility index (Phi) is 6.98. The number of fused-ring (bicyclic) bond motifs is 1. The number of hydrogen-bond donors (Lipinski definition) is 1. The first-order chi connectivity index (χ1) is 17.7. The Morgan fingerprint density at radius 2 is 1.86 bits per heavy atom. The van der Waals surface area contributed by atoms with Crippen LogP contribution in [0.1, 0.15) is 30.3 Å². The lowest BCUT2D eigenvalue weighted by atomic mass is 10.1. The summed E-state index contributed by atoms with van der Waals surface area (Å²) >= 11 is 0. The number of nitriles is 1. The van der Waals surface area contributed by atoms with E-state index in [2.05, 4.69) is 36.2 Å². The number of nitrogens with zero attached hydrogens (tertiary/aromatic N) is 7. The zero-order valence-corrected chi connectivity index (χ0v) is 19.7. The van der Waals surface area contributed by atoms with Crippen molar-refractivity contribution < 1.29 is 9.21 Å². The summed E-state index contributed by atoms with van der Waals surface area (Å²) in [4.78, 5) is 34.3. The number of carbonyl (C=O) groups is 1. The molecule has 4 heterocycles. The average molecular weight is 483 g/mol. The van der Waals surface area contributed by atoms with Crippen LogP contribution in [-0.4, -0.2) is 63.5 Å². The van der Waals surface area contributed by atoms with Crippen LogP contribution in [0.25, 0.3) is 11.1 Å². The van der Waals surface area contributed by atoms with Gasteiger partial charge in [-0.3, -0.25) is 4.79 Å². The lowest BCUT2D eigenvalue weighted by molar-refractivity contribution is -0.131. The number of oxazole rings is 1. The molecular formula is C26H26N8O2. The monoisotopic (exact) mass is 482 g/mol. The van der Waals surface area contributed by atoms with E-state index in [4.69, 9.17) is 4.42 Å². The third-order valence-electron chi connectivity index (χ3n) is 6.12. The third kappa shape index (κ3) is 5.25. The summed E-state index contributed by atoms with van der Waals surface area (Å²) in [6.45, 7) is 3.49. The molecular weight excluding hydrogens is 456 g/mol. The lowest BCUT2D eigenvalue weighted by Gasteiger charge is -2.35. The van der Waals surface area contributed by atoms with Crippen molar-refractivity contribution in [1.82, 2.24) is 24.8 Å². The second-order valence-corrected chi connectivity index (χ2v) is 8.47. The van der Waals surface area contributed by atoms with Crippen molar-refractivity contribution in [1.29, 1.82) is 5.26 Å². The molecule has 1 saturated heterocycles. The van der Waals surface area contributed by atoms with Crippen molar-refractivity contribution in [2.75, 3.05) is 42.9 Å². The number of nitrogens with one attached hydrogen (secondary N) is 1. The highest BCUT2D eigenvalue weighted by Gasteiger charge is 2.23. The number of hydrogen-bond acceptors (Lipinski definition) is 9. The van der Waals surface area contributed by atoms with Gasteiger partial charge in [0.2, 0.25) is 17.7 Å². The Balaban J connectivity index is 1.11. The third-order valence-corrected chi connectivity index (χ3v) is 6.12. The zero-order valence-electron chi connectivity index (χ0n) is 19.7. The zero-order chi connectivity index (χ0) is 24.7. The van der Waals surface area contributed by atoms with Gasteiger partial charge >= 0.3 is 0 Å². The molecule has 10 heteroatoms. The van der Waals surface area contributed by atoms with Gasteiger partial charge in [0.25, 0.3) is 0 Å². The van der Waals surface area contributed by atoms with Crippen molar-refractivity contribution in [3.63, 3.8) is 0 Å². The summed E-state index contributed by atoms with van der Waals surface area (Å²) in [5.41, 5.74) is 1.83. The van der Waals surface area contributed by atoms with Crippen molar-refractivity contribution in [2.45, 2.75) is 18.8 Å². The van der Waals surface area contributed by atoms with Gasteiger partial charge < -0.3 is 19.5 Å². The summed E-state index contributed by atoms with van der Waals surface area (Å²) in [5, 5.41) is 12.9. The largest absolute Gasteiger partial charge is 0.439 e. The molecule has 3 aromatic heterocycles. The minimum absolute atomic E-state index is 0.146. The van der Waals surface area contributed by atoms with Gasteiger partial charge in [-0.2, -0.15) is 5.26 Å². The molecule has 0 spiro atoms. The normalized spacial score (nSPS) is 14.4. The first-order valence-corrected chi connectivity index (χ1v) is 12.0. The van der Waals surface area contributed by atoms with Crippen LogP contribution in [-0.2, 0) is 4.79 Å². The summed E-state index contributed by atoms with van der Waals surface area (Å²) in [7, 11) is 0. The van der Waals surface area contributed by atoms with E-state index < -0.39 is 5.92 Å². The fraction of sp³-hybridized carbons (Fsp3) is 0.308. The molecule has 36 heavy (non-hydrogen) atoms. The van der Waals surface area contributed by atoms with E-state index in [0.29, 0.717) is 61.1 Å². The van der Waals surface area contributed by atoms with Crippen LogP contribution in [0.5, 0.6) is 0 Å². The molecule has 1 aliphatic heterocycles. The van der Waals surface area contributed by atoms with Crippen molar-refractivity contribution in [2.24, 2.45) is 0 Å². The predicted octanol–water partition coefficient (Wildman–Crippen LogP) is 3.21. The quantitative estimate of drug-likeness (QED) is 0.377. The van der Waals surface area contributed by atoms with E-state index >= 15 is 0 Å². The Bertz CT molecular complexity index is 1330. The summed E-state index contributed by atoms with van der Waals surface area (Å²) < 4.78 is 5.77. The molecule has 5 rings (SSSR count). The van der Waals surface area contributed by atoms with E-state index in [1.807, 2.05) is 47.4 Å². The number of carbonyl (C=O) groups excluding carboxylic acids is 1. The molecule has 0 radical (unpaired) electrons. The van der Waals surface area contributed by atoms with Gasteiger partial charge in [0.05, 0.1) is 11.8 Å². The highest BCUT2D eigenvalue weighted by Crippen LogP contribution is 2.26. The van der Waals surface area contributed by atoms with E-state index in [-0.39, 0.29) is 5.91 Å². The molecule has 0 aliphatic carbocycles. The van der Waals surface area contributed by atoms with Gasteiger partial charge in [-0.1, -0.05) is 18.2 Å². The molecule has 4 aromatic rings. The van der Waals surface area contributed by atoms with Crippen LogP contribution >= 0.6 is 0 Å². The lowest BCUT2D eigenvalue weighted by Crippen LogP contribution is -2.49. The molecule has 1 unspecified atom stereocenters. The molecule has 1 N–H and O–H groups in total. The first-order valence-electron chi connectivity index (χ1n) is 12.0. The number of amides is 1. The van der Waals surface area contributed by atoms with Crippen LogP contribution in [0.4, 0.5) is 11.8 Å². The van der Waals surface area contributed by atoms with E-state index in [9.17, 15) is 10.1 Å². The highest BCUT2D eigenvalue weighted by atomic mass is 16.3. The number of rotatable bonds is 8. The fourth-order valence-corrected chi connectivity index (χ4v) is 4.20. The summed E-state index contributed by atoms with van der Waals surface area (Å²) in [6.07, 6.45) is 4.49. The van der Waals surface area contributed by atoms with Gasteiger partial charge in [0, 0.05) is 51.5 Å². The van der Waals surface area contributed by atoms with Crippen LogP contribution < -0.4 is 10.2 Å². The van der Waals surface area contributed by atoms with E-state index in [0.717, 1.165) is 18.9 Å². The van der Waals surface area contributed by atoms with Gasteiger partial charge in [0.15, 0.2) is 11.5 Å². The van der Waals surface area contributed by atoms with Crippen molar-refractivity contribution >= 4 is 28.8 Å². The van der Waals surface area contributed by atoms with Gasteiger partial charge in [-0.05, 0) is 36.8 Å². The molecule has 1 atom stereocenters. The predicted molar refractivity (Wildman–Crippen MR) is 134 cm³/mol. The minimum Gasteiger partial charge on any atom is -0.439 e. The topological polar surface area (TPSA) is 124 Å². The van der Waals surface area contributed by atoms with Crippen LogP contribution in [0.15, 0.2) is 65.3 Å². The molecule has 182 valence electrons. The number of piperazine rings is 1. The molecule has 1 aromatic carbocycles. The number of para-hydroxylation sites is 2. The maximum Gasteiger partial charge on any atom is 0.222 e. The Morgan fingerprint density at radius 3 is 2.64 bits per heavy atom. The fourth-order valence-electron chi connectivity index (χ4n) is 4.20. The maximum atomic E-state index is 12.6. The Labute approximate surface area is 208 Å². The summed E-state index contributed by atoms with van der Waals surface area (Å²) in [6, 6.07) is 17.2. The maximum absolute atomic E-state index is 12.6. The number of pyridine rings is 1. The van der Waals surface area contributed by atoms with Crippen molar-refractivity contribution in [3.05, 3.63) is 72.5 Å². The smallest absolute Gasteiger partial charge is 0.222 e. The van der Waals surface area contributed by atoms with Crippen molar-refractivity contribution in [3.8, 4) is 6.07 Å². The Morgan fingerprint density at radius 1 is 1.03 bits per heavy atom. The SMILES string of the molecule is N#CC(c1ccnc(NCCCC(=O)N2CCN(c3ccccn3)CC2)n1)c1nc2ccccc2o1. The number of aromatic nitrogens is 4. The number of benzene rings is 1. The molecule has 0 bridgehead atoms. The molecule has 1 aliphatic rings.